The van der Waals surface area contributed by atoms with Gasteiger partial charge in [0.15, 0.2) is 5.78 Å². The molecule has 1 amide bonds. The Morgan fingerprint density at radius 2 is 1.69 bits per heavy atom. The van der Waals surface area contributed by atoms with E-state index in [1.165, 1.54) is 43.5 Å². The molecule has 2 N–H and O–H groups in total. The zero-order valence-corrected chi connectivity index (χ0v) is 15.2. The molecule has 0 aliphatic rings. The zero-order chi connectivity index (χ0) is 21.0. The minimum atomic E-state index is -4.53. The molecular weight excluding hydrogens is 383 g/mol. The summed E-state index contributed by atoms with van der Waals surface area (Å²) in [5.74, 6) is -0.535. The fourth-order valence-electron chi connectivity index (χ4n) is 2.64. The molecule has 0 spiro atoms. The summed E-state index contributed by atoms with van der Waals surface area (Å²) in [6.07, 6.45) is -3.21. The molecule has 0 fully saturated rings. The van der Waals surface area contributed by atoms with Crippen LogP contribution in [-0.4, -0.2) is 16.7 Å². The lowest BCUT2D eigenvalue weighted by Crippen LogP contribution is -2.13. The van der Waals surface area contributed by atoms with Crippen molar-refractivity contribution < 1.29 is 22.8 Å². The number of ketones is 1. The number of benzene rings is 2. The minimum Gasteiger partial charge on any atom is -0.340 e. The van der Waals surface area contributed by atoms with Crippen LogP contribution in [0.2, 0.25) is 0 Å². The number of halogens is 3. The van der Waals surface area contributed by atoms with Gasteiger partial charge in [0.05, 0.1) is 11.3 Å². The molecule has 1 heterocycles. The fourth-order valence-corrected chi connectivity index (χ4v) is 2.64. The largest absolute Gasteiger partial charge is 0.418 e. The highest BCUT2D eigenvalue weighted by atomic mass is 19.4. The van der Waals surface area contributed by atoms with E-state index in [4.69, 9.17) is 0 Å². The molecule has 2 aromatic carbocycles. The number of pyridine rings is 1. The molecule has 0 saturated heterocycles. The van der Waals surface area contributed by atoms with Crippen molar-refractivity contribution in [1.82, 2.24) is 4.98 Å². The number of amides is 1. The van der Waals surface area contributed by atoms with Crippen molar-refractivity contribution in [2.45, 2.75) is 13.1 Å². The number of nitrogens with zero attached hydrogens (tertiary/aromatic N) is 1. The number of para-hydroxylation sites is 1. The normalized spacial score (nSPS) is 11.0. The average Bonchev–Trinajstić information content (AvgIpc) is 2.68. The molecule has 0 bridgehead atoms. The fraction of sp³-hybridized carbons (Fsp3) is 0.0952. The Morgan fingerprint density at radius 3 is 2.41 bits per heavy atom. The molecule has 0 saturated carbocycles. The number of alkyl halides is 3. The maximum atomic E-state index is 13.1. The van der Waals surface area contributed by atoms with Gasteiger partial charge in [0.2, 0.25) is 0 Å². The topological polar surface area (TPSA) is 71.1 Å². The predicted octanol–water partition coefficient (Wildman–Crippen LogP) is 5.30. The Labute approximate surface area is 164 Å². The Morgan fingerprint density at radius 1 is 0.931 bits per heavy atom. The van der Waals surface area contributed by atoms with Gasteiger partial charge in [-0.05, 0) is 43.3 Å². The molecule has 0 aliphatic heterocycles. The summed E-state index contributed by atoms with van der Waals surface area (Å²) in [5, 5.41) is 5.26. The van der Waals surface area contributed by atoms with Crippen LogP contribution in [0.25, 0.3) is 0 Å². The minimum absolute atomic E-state index is 0.0897. The van der Waals surface area contributed by atoms with E-state index in [2.05, 4.69) is 15.6 Å². The van der Waals surface area contributed by atoms with Gasteiger partial charge in [-0.15, -0.1) is 0 Å². The van der Waals surface area contributed by atoms with E-state index in [0.29, 0.717) is 11.3 Å². The molecule has 0 unspecified atom stereocenters. The van der Waals surface area contributed by atoms with Crippen LogP contribution in [0.4, 0.5) is 30.4 Å². The van der Waals surface area contributed by atoms with E-state index >= 15 is 0 Å². The zero-order valence-electron chi connectivity index (χ0n) is 15.2. The Hall–Kier alpha value is -3.68. The van der Waals surface area contributed by atoms with Crippen molar-refractivity contribution >= 4 is 28.9 Å². The quantitative estimate of drug-likeness (QED) is 0.571. The third kappa shape index (κ3) is 4.98. The lowest BCUT2D eigenvalue weighted by Gasteiger charge is -2.14. The van der Waals surface area contributed by atoms with Crippen molar-refractivity contribution in [3.05, 3.63) is 83.6 Å². The molecule has 5 nitrogen and oxygen atoms in total. The van der Waals surface area contributed by atoms with Gasteiger partial charge in [0.25, 0.3) is 5.91 Å². The van der Waals surface area contributed by atoms with Crippen molar-refractivity contribution in [2.24, 2.45) is 0 Å². The van der Waals surface area contributed by atoms with Crippen molar-refractivity contribution in [1.29, 1.82) is 0 Å². The van der Waals surface area contributed by atoms with Gasteiger partial charge >= 0.3 is 6.18 Å². The highest BCUT2D eigenvalue weighted by Gasteiger charge is 2.33. The first kappa shape index (κ1) is 20.1. The van der Waals surface area contributed by atoms with Gasteiger partial charge in [-0.25, -0.2) is 4.98 Å². The number of carbonyl (C=O) groups is 2. The van der Waals surface area contributed by atoms with Gasteiger partial charge < -0.3 is 10.6 Å². The first-order chi connectivity index (χ1) is 13.7. The Bertz CT molecular complexity index is 1060. The van der Waals surface area contributed by atoms with Crippen LogP contribution < -0.4 is 10.6 Å². The van der Waals surface area contributed by atoms with Crippen LogP contribution in [-0.2, 0) is 6.18 Å². The first-order valence-electron chi connectivity index (χ1n) is 8.56. The second-order valence-electron chi connectivity index (χ2n) is 6.19. The molecule has 1 aromatic heterocycles. The molecule has 8 heteroatoms. The lowest BCUT2D eigenvalue weighted by atomic mass is 10.1. The number of anilines is 3. The smallest absolute Gasteiger partial charge is 0.340 e. The second-order valence-corrected chi connectivity index (χ2v) is 6.19. The third-order valence-electron chi connectivity index (χ3n) is 4.04. The maximum absolute atomic E-state index is 13.1. The summed E-state index contributed by atoms with van der Waals surface area (Å²) in [6.45, 7) is 1.42. The van der Waals surface area contributed by atoms with Crippen LogP contribution in [0.5, 0.6) is 0 Å². The number of hydrogen-bond donors (Lipinski definition) is 2. The summed E-state index contributed by atoms with van der Waals surface area (Å²) in [7, 11) is 0. The molecule has 148 valence electrons. The number of hydrogen-bond acceptors (Lipinski definition) is 4. The highest BCUT2D eigenvalue weighted by molar-refractivity contribution is 6.05. The SMILES string of the molecule is CC(=O)c1cccc(NC(=O)c2ccnc(Nc3ccccc3C(F)(F)F)c2)c1. The summed E-state index contributed by atoms with van der Waals surface area (Å²) < 4.78 is 39.4. The molecule has 0 atom stereocenters. The molecule has 3 aromatic rings. The summed E-state index contributed by atoms with van der Waals surface area (Å²) >= 11 is 0. The molecule has 3 rings (SSSR count). The van der Waals surface area contributed by atoms with Crippen molar-refractivity contribution in [3.63, 3.8) is 0 Å². The van der Waals surface area contributed by atoms with Crippen LogP contribution in [0.15, 0.2) is 66.9 Å². The lowest BCUT2D eigenvalue weighted by molar-refractivity contribution is -0.136. The molecule has 0 radical (unpaired) electrons. The molecular formula is C21H16F3N3O2. The third-order valence-corrected chi connectivity index (χ3v) is 4.04. The first-order valence-corrected chi connectivity index (χ1v) is 8.56. The van der Waals surface area contributed by atoms with Gasteiger partial charge in [-0.1, -0.05) is 24.3 Å². The number of rotatable bonds is 5. The van der Waals surface area contributed by atoms with Crippen molar-refractivity contribution in [2.75, 3.05) is 10.6 Å². The summed E-state index contributed by atoms with van der Waals surface area (Å²) in [6, 6.07) is 14.2. The number of aromatic nitrogens is 1. The van der Waals surface area contributed by atoms with E-state index in [9.17, 15) is 22.8 Å². The van der Waals surface area contributed by atoms with E-state index < -0.39 is 17.6 Å². The number of carbonyl (C=O) groups excluding carboxylic acids is 2. The van der Waals surface area contributed by atoms with Gasteiger partial charge in [-0.2, -0.15) is 13.2 Å². The summed E-state index contributed by atoms with van der Waals surface area (Å²) in [4.78, 5) is 27.9. The average molecular weight is 399 g/mol. The summed E-state index contributed by atoms with van der Waals surface area (Å²) in [5.41, 5.74) is 0.0669. The van der Waals surface area contributed by atoms with Crippen LogP contribution in [0, 0.1) is 0 Å². The number of Topliss-reactive ketones (excluding diaryl/α,β-unsaturated/α-hetero) is 1. The van der Waals surface area contributed by atoms with Gasteiger partial charge in [-0.3, -0.25) is 9.59 Å². The van der Waals surface area contributed by atoms with Gasteiger partial charge in [0, 0.05) is 23.0 Å². The number of nitrogens with one attached hydrogen (secondary N) is 2. The highest BCUT2D eigenvalue weighted by Crippen LogP contribution is 2.35. The Kier molecular flexibility index (Phi) is 5.63. The predicted molar refractivity (Wildman–Crippen MR) is 103 cm³/mol. The second kappa shape index (κ2) is 8.14. The van der Waals surface area contributed by atoms with Crippen LogP contribution in [0.3, 0.4) is 0 Å². The maximum Gasteiger partial charge on any atom is 0.418 e. The van der Waals surface area contributed by atoms with Gasteiger partial charge in [0.1, 0.15) is 5.82 Å². The molecule has 29 heavy (non-hydrogen) atoms. The molecule has 0 aliphatic carbocycles. The van der Waals surface area contributed by atoms with E-state index in [1.54, 1.807) is 24.3 Å². The Balaban J connectivity index is 1.81. The van der Waals surface area contributed by atoms with Crippen molar-refractivity contribution in [3.8, 4) is 0 Å². The van der Waals surface area contributed by atoms with Crippen LogP contribution in [0.1, 0.15) is 33.2 Å². The monoisotopic (exact) mass is 399 g/mol. The van der Waals surface area contributed by atoms with Crippen LogP contribution >= 0.6 is 0 Å². The van der Waals surface area contributed by atoms with E-state index in [1.807, 2.05) is 0 Å². The van der Waals surface area contributed by atoms with E-state index in [0.717, 1.165) is 6.07 Å². The standard InChI is InChI=1S/C21H16F3N3O2/c1-13(28)14-5-4-6-16(11-14)26-20(29)15-9-10-25-19(12-15)27-18-8-3-2-7-17(18)21(22,23)24/h2-12H,1H3,(H,25,27)(H,26,29). The van der Waals surface area contributed by atoms with E-state index in [-0.39, 0.29) is 22.9 Å².